The third-order valence-electron chi connectivity index (χ3n) is 2.39. The van der Waals surface area contributed by atoms with E-state index in [0.29, 0.717) is 11.7 Å². The van der Waals surface area contributed by atoms with E-state index in [0.717, 1.165) is 16.5 Å². The molecule has 0 atom stereocenters. The summed E-state index contributed by atoms with van der Waals surface area (Å²) in [6.07, 6.45) is 0.00355. The van der Waals surface area contributed by atoms with Crippen molar-refractivity contribution < 1.29 is 9.90 Å². The largest absolute Gasteiger partial charge is 0.481 e. The van der Waals surface area contributed by atoms with Gasteiger partial charge in [-0.05, 0) is 24.6 Å². The first-order valence-electron chi connectivity index (χ1n) is 4.98. The summed E-state index contributed by atoms with van der Waals surface area (Å²) in [5, 5.41) is 14.4. The first kappa shape index (κ1) is 11.0. The fraction of sp³-hybridized carbons (Fsp3) is 0.273. The van der Waals surface area contributed by atoms with Crippen molar-refractivity contribution in [1.82, 2.24) is 9.78 Å². The third-order valence-corrected chi connectivity index (χ3v) is 2.79. The van der Waals surface area contributed by atoms with Gasteiger partial charge in [-0.3, -0.25) is 9.48 Å². The number of benzene rings is 1. The average molecular weight is 239 g/mol. The van der Waals surface area contributed by atoms with Crippen LogP contribution in [-0.2, 0) is 17.8 Å². The second kappa shape index (κ2) is 4.14. The smallest absolute Gasteiger partial charge is 0.307 e. The summed E-state index contributed by atoms with van der Waals surface area (Å²) >= 11 is 6.12. The zero-order valence-corrected chi connectivity index (χ0v) is 9.53. The normalized spacial score (nSPS) is 10.9. The number of rotatable bonds is 3. The van der Waals surface area contributed by atoms with Crippen LogP contribution in [0, 0.1) is 0 Å². The molecule has 0 amide bonds. The minimum atomic E-state index is -0.849. The van der Waals surface area contributed by atoms with Crippen molar-refractivity contribution in [3.05, 3.63) is 28.9 Å². The number of aryl methyl sites for hydroxylation is 1. The number of aromatic nitrogens is 2. The molecule has 0 aliphatic carbocycles. The number of aliphatic carboxylic acids is 1. The molecule has 0 aliphatic heterocycles. The quantitative estimate of drug-likeness (QED) is 0.893. The van der Waals surface area contributed by atoms with E-state index in [1.165, 1.54) is 0 Å². The molecule has 0 saturated heterocycles. The summed E-state index contributed by atoms with van der Waals surface area (Å²) in [7, 11) is 0. The van der Waals surface area contributed by atoms with Gasteiger partial charge < -0.3 is 5.11 Å². The van der Waals surface area contributed by atoms with Gasteiger partial charge in [-0.25, -0.2) is 0 Å². The number of carbonyl (C=O) groups is 1. The van der Waals surface area contributed by atoms with Crippen molar-refractivity contribution in [3.8, 4) is 0 Å². The molecule has 0 bridgehead atoms. The first-order chi connectivity index (χ1) is 7.61. The van der Waals surface area contributed by atoms with Crippen LogP contribution in [0.5, 0.6) is 0 Å². The van der Waals surface area contributed by atoms with Crippen molar-refractivity contribution >= 4 is 28.5 Å². The molecule has 1 heterocycles. The molecule has 5 heteroatoms. The predicted molar refractivity (Wildman–Crippen MR) is 61.8 cm³/mol. The standard InChI is InChI=1S/C11H11ClN2O2/c1-2-14-11(12)8-5-7(6-10(15)16)3-4-9(8)13-14/h3-5H,2,6H2,1H3,(H,15,16). The van der Waals surface area contributed by atoms with Gasteiger partial charge in [0.15, 0.2) is 0 Å². The van der Waals surface area contributed by atoms with Gasteiger partial charge in [0.1, 0.15) is 5.15 Å². The molecule has 0 radical (unpaired) electrons. The molecule has 1 aromatic heterocycles. The lowest BCUT2D eigenvalue weighted by Gasteiger charge is -1.97. The summed E-state index contributed by atoms with van der Waals surface area (Å²) in [6.45, 7) is 2.65. The summed E-state index contributed by atoms with van der Waals surface area (Å²) in [4.78, 5) is 10.6. The Morgan fingerprint density at radius 3 is 2.94 bits per heavy atom. The molecule has 2 aromatic rings. The lowest BCUT2D eigenvalue weighted by Crippen LogP contribution is -1.99. The van der Waals surface area contributed by atoms with Crippen molar-refractivity contribution in [3.63, 3.8) is 0 Å². The van der Waals surface area contributed by atoms with E-state index in [4.69, 9.17) is 16.7 Å². The van der Waals surface area contributed by atoms with E-state index in [2.05, 4.69) is 5.10 Å². The molecule has 0 fully saturated rings. The highest BCUT2D eigenvalue weighted by Gasteiger charge is 2.09. The van der Waals surface area contributed by atoms with Crippen LogP contribution in [0.1, 0.15) is 12.5 Å². The Bertz CT molecular complexity index is 548. The van der Waals surface area contributed by atoms with Crippen LogP contribution in [-0.4, -0.2) is 20.9 Å². The molecule has 2 rings (SSSR count). The Kier molecular flexibility index (Phi) is 2.83. The Morgan fingerprint density at radius 2 is 2.31 bits per heavy atom. The van der Waals surface area contributed by atoms with Crippen LogP contribution in [0.2, 0.25) is 5.15 Å². The average Bonchev–Trinajstić information content (AvgIpc) is 2.55. The maximum absolute atomic E-state index is 10.6. The highest BCUT2D eigenvalue weighted by Crippen LogP contribution is 2.24. The highest BCUT2D eigenvalue weighted by molar-refractivity contribution is 6.34. The molecule has 4 nitrogen and oxygen atoms in total. The Labute approximate surface area is 97.4 Å². The number of hydrogen-bond donors (Lipinski definition) is 1. The maximum Gasteiger partial charge on any atom is 0.307 e. The van der Waals surface area contributed by atoms with Crippen LogP contribution >= 0.6 is 11.6 Å². The van der Waals surface area contributed by atoms with E-state index >= 15 is 0 Å². The number of hydrogen-bond acceptors (Lipinski definition) is 2. The van der Waals surface area contributed by atoms with Gasteiger partial charge in [0, 0.05) is 11.9 Å². The molecule has 0 saturated carbocycles. The van der Waals surface area contributed by atoms with E-state index in [9.17, 15) is 4.79 Å². The summed E-state index contributed by atoms with van der Waals surface area (Å²) in [5.74, 6) is -0.849. The highest BCUT2D eigenvalue weighted by atomic mass is 35.5. The molecule has 0 spiro atoms. The van der Waals surface area contributed by atoms with Gasteiger partial charge in [-0.2, -0.15) is 5.10 Å². The van der Waals surface area contributed by atoms with Crippen LogP contribution in [0.15, 0.2) is 18.2 Å². The molecule has 84 valence electrons. The molecule has 0 aliphatic rings. The minimum Gasteiger partial charge on any atom is -0.481 e. The van der Waals surface area contributed by atoms with E-state index in [1.807, 2.05) is 6.92 Å². The Morgan fingerprint density at radius 1 is 1.56 bits per heavy atom. The van der Waals surface area contributed by atoms with Crippen LogP contribution in [0.4, 0.5) is 0 Å². The number of carboxylic acid groups (broad SMARTS) is 1. The maximum atomic E-state index is 10.6. The molecule has 16 heavy (non-hydrogen) atoms. The molecular formula is C11H11ClN2O2. The van der Waals surface area contributed by atoms with Gasteiger partial charge in [0.2, 0.25) is 0 Å². The number of carboxylic acids is 1. The lowest BCUT2D eigenvalue weighted by atomic mass is 10.1. The van der Waals surface area contributed by atoms with Crippen LogP contribution in [0.25, 0.3) is 10.9 Å². The van der Waals surface area contributed by atoms with Crippen molar-refractivity contribution in [1.29, 1.82) is 0 Å². The zero-order valence-electron chi connectivity index (χ0n) is 8.77. The number of halogens is 1. The van der Waals surface area contributed by atoms with E-state index < -0.39 is 5.97 Å². The third kappa shape index (κ3) is 1.88. The first-order valence-corrected chi connectivity index (χ1v) is 5.36. The molecular weight excluding hydrogens is 228 g/mol. The van der Waals surface area contributed by atoms with E-state index in [-0.39, 0.29) is 6.42 Å². The SMILES string of the molecule is CCn1nc2ccc(CC(=O)O)cc2c1Cl. The van der Waals surface area contributed by atoms with Crippen molar-refractivity contribution in [2.24, 2.45) is 0 Å². The lowest BCUT2D eigenvalue weighted by molar-refractivity contribution is -0.136. The van der Waals surface area contributed by atoms with Crippen molar-refractivity contribution in [2.45, 2.75) is 19.9 Å². The number of fused-ring (bicyclic) bond motifs is 1. The van der Waals surface area contributed by atoms with Crippen LogP contribution in [0.3, 0.4) is 0 Å². The van der Waals surface area contributed by atoms with Gasteiger partial charge in [-0.1, -0.05) is 17.7 Å². The number of nitrogens with zero attached hydrogens (tertiary/aromatic N) is 2. The van der Waals surface area contributed by atoms with Gasteiger partial charge >= 0.3 is 5.97 Å². The van der Waals surface area contributed by atoms with Gasteiger partial charge in [-0.15, -0.1) is 0 Å². The fourth-order valence-corrected chi connectivity index (χ4v) is 1.95. The van der Waals surface area contributed by atoms with E-state index in [1.54, 1.807) is 22.9 Å². The second-order valence-corrected chi connectivity index (χ2v) is 3.89. The fourth-order valence-electron chi connectivity index (χ4n) is 1.64. The van der Waals surface area contributed by atoms with Crippen LogP contribution < -0.4 is 0 Å². The summed E-state index contributed by atoms with van der Waals surface area (Å²) in [5.41, 5.74) is 1.53. The monoisotopic (exact) mass is 238 g/mol. The Balaban J connectivity index is 2.52. The van der Waals surface area contributed by atoms with Gasteiger partial charge in [0.05, 0.1) is 11.9 Å². The summed E-state index contributed by atoms with van der Waals surface area (Å²) in [6, 6.07) is 5.34. The molecule has 1 N–H and O–H groups in total. The molecule has 0 unspecified atom stereocenters. The van der Waals surface area contributed by atoms with Gasteiger partial charge in [0.25, 0.3) is 0 Å². The minimum absolute atomic E-state index is 0.00355. The second-order valence-electron chi connectivity index (χ2n) is 3.53. The summed E-state index contributed by atoms with van der Waals surface area (Å²) < 4.78 is 1.69. The Hall–Kier alpha value is -1.55. The van der Waals surface area contributed by atoms with Crippen molar-refractivity contribution in [2.75, 3.05) is 0 Å². The molecule has 1 aromatic carbocycles. The zero-order chi connectivity index (χ0) is 11.7. The predicted octanol–water partition coefficient (Wildman–Crippen LogP) is 2.34. The topological polar surface area (TPSA) is 55.1 Å².